The molecule has 13 heteroatoms. The first kappa shape index (κ1) is 42.3. The highest BCUT2D eigenvalue weighted by Crippen LogP contribution is 2.61. The number of esters is 1. The quantitative estimate of drug-likeness (QED) is 0.0918. The lowest BCUT2D eigenvalue weighted by Gasteiger charge is -2.40. The van der Waals surface area contributed by atoms with Crippen LogP contribution in [0.4, 0.5) is 5.69 Å². The number of para-hydroxylation sites is 1. The summed E-state index contributed by atoms with van der Waals surface area (Å²) < 4.78 is 18.7. The summed E-state index contributed by atoms with van der Waals surface area (Å²) in [6.07, 6.45) is 2.49. The lowest BCUT2D eigenvalue weighted by atomic mass is 9.70. The van der Waals surface area contributed by atoms with Gasteiger partial charge in [-0.2, -0.15) is 0 Å². The summed E-state index contributed by atoms with van der Waals surface area (Å²) in [6.45, 7) is 9.08. The van der Waals surface area contributed by atoms with Crippen LogP contribution in [0, 0.1) is 18.8 Å². The minimum atomic E-state index is -1.48. The zero-order valence-electron chi connectivity index (χ0n) is 32.1. The van der Waals surface area contributed by atoms with E-state index < -0.39 is 77.0 Å². The third kappa shape index (κ3) is 8.33. The van der Waals surface area contributed by atoms with Crippen molar-refractivity contribution in [3.05, 3.63) is 126 Å². The third-order valence-electron chi connectivity index (χ3n) is 11.2. The summed E-state index contributed by atoms with van der Waals surface area (Å²) >= 11 is 10.5. The van der Waals surface area contributed by atoms with Crippen molar-refractivity contribution in [2.45, 2.75) is 73.4 Å². The molecule has 0 aromatic heterocycles. The van der Waals surface area contributed by atoms with E-state index in [1.54, 1.807) is 48.6 Å². The van der Waals surface area contributed by atoms with Crippen LogP contribution in [0.25, 0.3) is 0 Å². The van der Waals surface area contributed by atoms with Crippen LogP contribution in [0.3, 0.4) is 0 Å². The molecule has 0 aliphatic carbocycles. The van der Waals surface area contributed by atoms with Gasteiger partial charge in [0.25, 0.3) is 5.91 Å². The lowest BCUT2D eigenvalue weighted by Crippen LogP contribution is -2.59. The van der Waals surface area contributed by atoms with E-state index in [0.29, 0.717) is 22.7 Å². The number of ether oxygens (including phenoxy) is 3. The fourth-order valence-electron chi connectivity index (χ4n) is 8.80. The van der Waals surface area contributed by atoms with Crippen molar-refractivity contribution in [1.82, 2.24) is 10.2 Å². The Kier molecular flexibility index (Phi) is 13.7. The molecule has 3 aromatic rings. The number of halogens is 2. The molecule has 3 fully saturated rings. The van der Waals surface area contributed by atoms with Crippen molar-refractivity contribution in [3.63, 3.8) is 0 Å². The number of aliphatic hydroxyl groups is 1. The highest BCUT2D eigenvalue weighted by molar-refractivity contribution is 9.09. The molecule has 0 radical (unpaired) electrons. The second kappa shape index (κ2) is 18.5. The molecule has 1 spiro atoms. The van der Waals surface area contributed by atoms with Crippen molar-refractivity contribution >= 4 is 56.9 Å². The molecule has 11 nitrogen and oxygen atoms in total. The van der Waals surface area contributed by atoms with Crippen LogP contribution in [0.5, 0.6) is 0 Å². The molecule has 3 heterocycles. The van der Waals surface area contributed by atoms with Crippen molar-refractivity contribution in [1.29, 1.82) is 0 Å². The van der Waals surface area contributed by atoms with Gasteiger partial charge in [-0.1, -0.05) is 112 Å². The predicted octanol–water partition coefficient (Wildman–Crippen LogP) is 5.90. The van der Waals surface area contributed by atoms with E-state index in [0.717, 1.165) is 11.1 Å². The highest BCUT2D eigenvalue weighted by atomic mass is 79.9. The van der Waals surface area contributed by atoms with Crippen LogP contribution in [-0.4, -0.2) is 95.2 Å². The fourth-order valence-corrected chi connectivity index (χ4v) is 10.1. The number of aryl methyl sites for hydroxylation is 1. The predicted molar refractivity (Wildman–Crippen MR) is 221 cm³/mol. The number of hydrogen-bond acceptors (Lipinski definition) is 8. The van der Waals surface area contributed by atoms with Crippen molar-refractivity contribution in [2.75, 3.05) is 31.8 Å². The Labute approximate surface area is 347 Å². The monoisotopic (exact) mass is 861 g/mol. The maximum atomic E-state index is 15.4. The number of nitrogens with one attached hydrogen (secondary N) is 1. The standard InChI is InChI=1S/C44H49BrClN3O8/c1-5-7-21-34(51)47-33(26-55-4)38(29-18-12-9-13-19-29)56-43(54)35-36-41(52)49(30(25-50)23-28-16-10-8-11-17-28)40(44(36)24-31(45)39(35)57-44)42(53)48(22-6-2)37-27(3)15-14-20-32(37)46/h5-6,8-20,30-31,33,35-36,38-40,50H,1-2,7,21-26H2,3-4H3,(H,47,51)/t30-,31?,33-,35+,36-,38-,39+,40+,44-/m1/s1. The zero-order chi connectivity index (χ0) is 40.9. The van der Waals surface area contributed by atoms with Crippen LogP contribution in [0.1, 0.15) is 42.1 Å². The van der Waals surface area contributed by atoms with Gasteiger partial charge in [-0.15, -0.1) is 13.2 Å². The molecule has 2 bridgehead atoms. The second-order valence-corrected chi connectivity index (χ2v) is 16.4. The summed E-state index contributed by atoms with van der Waals surface area (Å²) in [5.41, 5.74) is 1.17. The Morgan fingerprint density at radius 3 is 2.42 bits per heavy atom. The number of allylic oxidation sites excluding steroid dienone is 1. The summed E-state index contributed by atoms with van der Waals surface area (Å²) in [6, 6.07) is 20.8. The average Bonchev–Trinajstić information content (AvgIpc) is 3.81. The SMILES string of the molecule is C=CCCC(=O)N[C@H](COC)[C@H](OC(=O)[C@@H]1[C@H]2O[C@@]3(CC2Br)[C@H](C(=O)N(CC=C)c2c(C)cccc2Cl)N([C@@H](CO)Cc2ccccc2)C(=O)[C@@H]13)c1ccccc1. The Morgan fingerprint density at radius 2 is 1.79 bits per heavy atom. The number of rotatable bonds is 18. The highest BCUT2D eigenvalue weighted by Gasteiger charge is 2.77. The molecule has 3 aliphatic heterocycles. The average molecular weight is 863 g/mol. The second-order valence-electron chi connectivity index (χ2n) is 14.8. The Bertz CT molecular complexity index is 1930. The molecule has 302 valence electrons. The summed E-state index contributed by atoms with van der Waals surface area (Å²) in [5.74, 6) is -4.25. The maximum Gasteiger partial charge on any atom is 0.313 e. The minimum Gasteiger partial charge on any atom is -0.455 e. The largest absolute Gasteiger partial charge is 0.455 e. The van der Waals surface area contributed by atoms with Crippen LogP contribution in [0.15, 0.2) is 104 Å². The molecule has 3 aromatic carbocycles. The third-order valence-corrected chi connectivity index (χ3v) is 12.3. The Balaban J connectivity index is 1.43. The van der Waals surface area contributed by atoms with E-state index >= 15 is 9.59 Å². The smallest absolute Gasteiger partial charge is 0.313 e. The van der Waals surface area contributed by atoms with E-state index in [1.165, 1.54) is 16.9 Å². The number of hydrogen-bond donors (Lipinski definition) is 2. The normalized spacial score (nSPS) is 25.0. The number of benzene rings is 3. The van der Waals surface area contributed by atoms with Gasteiger partial charge in [-0.25, -0.2) is 0 Å². The molecular weight excluding hydrogens is 814 g/mol. The van der Waals surface area contributed by atoms with Gasteiger partial charge in [0.2, 0.25) is 11.8 Å². The number of anilines is 1. The number of carbonyl (C=O) groups excluding carboxylic acids is 4. The number of fused-ring (bicyclic) bond motifs is 1. The van der Waals surface area contributed by atoms with Gasteiger partial charge in [-0.05, 0) is 48.9 Å². The van der Waals surface area contributed by atoms with Crippen molar-refractivity contribution in [3.8, 4) is 0 Å². The summed E-state index contributed by atoms with van der Waals surface area (Å²) in [4.78, 5) is 60.9. The molecule has 6 rings (SSSR count). The van der Waals surface area contributed by atoms with Crippen LogP contribution < -0.4 is 10.2 Å². The summed E-state index contributed by atoms with van der Waals surface area (Å²) in [7, 11) is 1.49. The molecule has 9 atom stereocenters. The van der Waals surface area contributed by atoms with E-state index in [1.807, 2.05) is 49.4 Å². The minimum absolute atomic E-state index is 0.0211. The number of nitrogens with zero attached hydrogens (tertiary/aromatic N) is 2. The van der Waals surface area contributed by atoms with Crippen molar-refractivity contribution < 1.29 is 38.5 Å². The summed E-state index contributed by atoms with van der Waals surface area (Å²) in [5, 5.41) is 14.3. The van der Waals surface area contributed by atoms with Crippen LogP contribution in [0.2, 0.25) is 5.02 Å². The number of methoxy groups -OCH3 is 1. The van der Waals surface area contributed by atoms with E-state index in [9.17, 15) is 14.7 Å². The number of amides is 3. The zero-order valence-corrected chi connectivity index (χ0v) is 34.4. The molecule has 1 unspecified atom stereocenters. The van der Waals surface area contributed by atoms with Gasteiger partial charge in [0.15, 0.2) is 0 Å². The van der Waals surface area contributed by atoms with E-state index in [2.05, 4.69) is 34.4 Å². The van der Waals surface area contributed by atoms with Crippen LogP contribution in [-0.2, 0) is 39.8 Å². The number of aliphatic hydroxyl groups excluding tert-OH is 1. The molecule has 3 saturated heterocycles. The first-order valence-corrected chi connectivity index (χ1v) is 20.4. The van der Waals surface area contributed by atoms with Crippen LogP contribution >= 0.6 is 27.5 Å². The molecule has 3 amide bonds. The Morgan fingerprint density at radius 1 is 1.09 bits per heavy atom. The Hall–Kier alpha value is -4.33. The fraction of sp³-hybridized carbons (Fsp3) is 0.409. The van der Waals surface area contributed by atoms with Gasteiger partial charge in [0.05, 0.1) is 53.9 Å². The van der Waals surface area contributed by atoms with E-state index in [4.69, 9.17) is 25.8 Å². The number of alkyl halides is 1. The van der Waals surface area contributed by atoms with E-state index in [-0.39, 0.29) is 38.3 Å². The first-order valence-electron chi connectivity index (χ1n) is 19.1. The topological polar surface area (TPSA) is 135 Å². The molecular formula is C44H49BrClN3O8. The first-order chi connectivity index (χ1) is 27.5. The molecule has 0 saturated carbocycles. The molecule has 57 heavy (non-hydrogen) atoms. The van der Waals surface area contributed by atoms with Gasteiger partial charge < -0.3 is 34.4 Å². The van der Waals surface area contributed by atoms with Gasteiger partial charge in [-0.3, -0.25) is 19.2 Å². The number of likely N-dealkylation sites (tertiary alicyclic amines) is 1. The number of carbonyl (C=O) groups is 4. The maximum absolute atomic E-state index is 15.4. The van der Waals surface area contributed by atoms with Gasteiger partial charge >= 0.3 is 5.97 Å². The van der Waals surface area contributed by atoms with Gasteiger partial charge in [0.1, 0.15) is 17.7 Å². The van der Waals surface area contributed by atoms with Gasteiger partial charge in [0, 0.05) is 24.9 Å². The lowest BCUT2D eigenvalue weighted by molar-refractivity contribution is -0.163. The van der Waals surface area contributed by atoms with Crippen molar-refractivity contribution in [2.24, 2.45) is 11.8 Å². The molecule has 3 aliphatic rings. The molecule has 2 N–H and O–H groups in total.